The van der Waals surface area contributed by atoms with Crippen LogP contribution in [0.4, 0.5) is 0 Å². The smallest absolute Gasteiger partial charge is 0.233 e. The summed E-state index contributed by atoms with van der Waals surface area (Å²) in [5, 5.41) is 33.6. The molecule has 1 aromatic heterocycles. The molecule has 136 valence electrons. The largest absolute Gasteiger partial charge is 0.395 e. The third-order valence-electron chi connectivity index (χ3n) is 4.77. The fourth-order valence-corrected chi connectivity index (χ4v) is 3.09. The number of aryl methyl sites for hydroxylation is 1. The van der Waals surface area contributed by atoms with Crippen LogP contribution in [0.2, 0.25) is 0 Å². The van der Waals surface area contributed by atoms with Gasteiger partial charge in [-0.1, -0.05) is 6.92 Å². The first kappa shape index (κ1) is 18.9. The fourth-order valence-electron chi connectivity index (χ4n) is 3.09. The molecule has 24 heavy (non-hydrogen) atoms. The van der Waals surface area contributed by atoms with Crippen molar-refractivity contribution in [3.8, 4) is 0 Å². The van der Waals surface area contributed by atoms with Crippen LogP contribution < -0.4 is 0 Å². The average Bonchev–Trinajstić information content (AvgIpc) is 2.88. The van der Waals surface area contributed by atoms with E-state index < -0.39 is 24.7 Å². The molecule has 8 nitrogen and oxygen atoms in total. The van der Waals surface area contributed by atoms with Crippen LogP contribution in [0.3, 0.4) is 0 Å². The predicted octanol–water partition coefficient (Wildman–Crippen LogP) is -1.19. The van der Waals surface area contributed by atoms with Crippen LogP contribution in [0.15, 0.2) is 12.4 Å². The van der Waals surface area contributed by atoms with Crippen molar-refractivity contribution >= 4 is 5.91 Å². The molecule has 1 aliphatic rings. The third-order valence-corrected chi connectivity index (χ3v) is 4.77. The summed E-state index contributed by atoms with van der Waals surface area (Å²) in [5.41, 5.74) is -0.115. The molecule has 1 amide bonds. The number of rotatable bonds is 6. The van der Waals surface area contributed by atoms with Crippen LogP contribution in [-0.4, -0.2) is 86.3 Å². The van der Waals surface area contributed by atoms with Gasteiger partial charge in [0.15, 0.2) is 0 Å². The van der Waals surface area contributed by atoms with Crippen LogP contribution in [0, 0.1) is 5.41 Å². The molecular weight excluding hydrogens is 312 g/mol. The molecule has 1 unspecified atom stereocenters. The van der Waals surface area contributed by atoms with Gasteiger partial charge in [0, 0.05) is 51.5 Å². The van der Waals surface area contributed by atoms with Crippen molar-refractivity contribution < 1.29 is 20.1 Å². The van der Waals surface area contributed by atoms with E-state index in [1.807, 2.05) is 13.2 Å². The summed E-state index contributed by atoms with van der Waals surface area (Å²) in [5.74, 6) is -0.294. The summed E-state index contributed by atoms with van der Waals surface area (Å²) in [6.45, 7) is 3.39. The number of amides is 1. The number of aliphatic hydroxyl groups excluding tert-OH is 3. The lowest BCUT2D eigenvalue weighted by Gasteiger charge is -2.33. The summed E-state index contributed by atoms with van der Waals surface area (Å²) in [7, 11) is 1.86. The number of carbonyl (C=O) groups is 1. The number of hydrogen-bond donors (Lipinski definition) is 3. The summed E-state index contributed by atoms with van der Waals surface area (Å²) in [4.78, 5) is 16.4. The molecule has 0 radical (unpaired) electrons. The normalized spacial score (nSPS) is 20.2. The number of nitrogens with zero attached hydrogens (tertiary/aromatic N) is 4. The molecule has 8 heteroatoms. The molecule has 1 saturated heterocycles. The molecule has 0 aliphatic carbocycles. The first-order valence-electron chi connectivity index (χ1n) is 8.33. The Bertz CT molecular complexity index is 536. The van der Waals surface area contributed by atoms with Crippen molar-refractivity contribution in [3.63, 3.8) is 0 Å². The van der Waals surface area contributed by atoms with Crippen molar-refractivity contribution in [3.05, 3.63) is 18.0 Å². The number of aromatic nitrogens is 2. The fraction of sp³-hybridized carbons (Fsp3) is 0.750. The van der Waals surface area contributed by atoms with Gasteiger partial charge in [-0.3, -0.25) is 14.4 Å². The lowest BCUT2D eigenvalue weighted by Crippen LogP contribution is -2.50. The Labute approximate surface area is 142 Å². The highest BCUT2D eigenvalue weighted by molar-refractivity contribution is 5.83. The Balaban J connectivity index is 2.04. The Morgan fingerprint density at radius 1 is 1.33 bits per heavy atom. The van der Waals surface area contributed by atoms with Crippen molar-refractivity contribution in [1.82, 2.24) is 19.6 Å². The Morgan fingerprint density at radius 3 is 2.58 bits per heavy atom. The van der Waals surface area contributed by atoms with E-state index >= 15 is 0 Å². The molecule has 0 aromatic carbocycles. The zero-order valence-corrected chi connectivity index (χ0v) is 14.4. The molecule has 1 fully saturated rings. The van der Waals surface area contributed by atoms with E-state index in [9.17, 15) is 20.1 Å². The first-order chi connectivity index (χ1) is 11.4. The summed E-state index contributed by atoms with van der Waals surface area (Å²) in [6, 6.07) is 0. The highest BCUT2D eigenvalue weighted by Crippen LogP contribution is 2.24. The molecular formula is C16H28N4O4. The SMILES string of the molecule is CCC(CO)(CO)C(=O)N1CCN(Cc2cnn(C)c2)CC(O)C1. The molecule has 0 saturated carbocycles. The lowest BCUT2D eigenvalue weighted by molar-refractivity contribution is -0.149. The van der Waals surface area contributed by atoms with Gasteiger partial charge in [0.05, 0.1) is 30.9 Å². The second-order valence-corrected chi connectivity index (χ2v) is 6.61. The number of carbonyl (C=O) groups excluding carboxylic acids is 1. The predicted molar refractivity (Wildman–Crippen MR) is 88.0 cm³/mol. The van der Waals surface area contributed by atoms with Crippen molar-refractivity contribution in [2.45, 2.75) is 26.0 Å². The van der Waals surface area contributed by atoms with Crippen LogP contribution in [-0.2, 0) is 18.4 Å². The number of aliphatic hydroxyl groups is 3. The van der Waals surface area contributed by atoms with Crippen LogP contribution in [0.1, 0.15) is 18.9 Å². The zero-order chi connectivity index (χ0) is 17.7. The summed E-state index contributed by atoms with van der Waals surface area (Å²) < 4.78 is 1.73. The molecule has 1 aliphatic heterocycles. The Morgan fingerprint density at radius 2 is 2.04 bits per heavy atom. The molecule has 2 heterocycles. The minimum Gasteiger partial charge on any atom is -0.395 e. The number of hydrogen-bond acceptors (Lipinski definition) is 6. The Kier molecular flexibility index (Phi) is 6.34. The average molecular weight is 340 g/mol. The van der Waals surface area contributed by atoms with E-state index in [4.69, 9.17) is 0 Å². The second kappa shape index (κ2) is 8.06. The highest BCUT2D eigenvalue weighted by Gasteiger charge is 2.40. The second-order valence-electron chi connectivity index (χ2n) is 6.61. The van der Waals surface area contributed by atoms with E-state index in [-0.39, 0.29) is 12.5 Å². The maximum absolute atomic E-state index is 12.7. The first-order valence-corrected chi connectivity index (χ1v) is 8.33. The van der Waals surface area contributed by atoms with Gasteiger partial charge in [0.2, 0.25) is 5.91 Å². The molecule has 1 aromatic rings. The molecule has 0 bridgehead atoms. The maximum Gasteiger partial charge on any atom is 0.233 e. The van der Waals surface area contributed by atoms with Gasteiger partial charge in [0.25, 0.3) is 0 Å². The van der Waals surface area contributed by atoms with E-state index in [2.05, 4.69) is 10.00 Å². The standard InChI is InChI=1S/C16H28N4O4/c1-3-16(11-21,12-22)15(24)20-5-4-19(9-14(23)10-20)8-13-6-17-18(2)7-13/h6-7,14,21-23H,3-5,8-12H2,1-2H3. The highest BCUT2D eigenvalue weighted by atomic mass is 16.3. The Hall–Kier alpha value is -1.48. The van der Waals surface area contributed by atoms with Crippen molar-refractivity contribution in [2.75, 3.05) is 39.4 Å². The van der Waals surface area contributed by atoms with E-state index in [1.165, 1.54) is 0 Å². The van der Waals surface area contributed by atoms with Gasteiger partial charge in [-0.15, -0.1) is 0 Å². The van der Waals surface area contributed by atoms with Crippen molar-refractivity contribution in [2.24, 2.45) is 12.5 Å². The van der Waals surface area contributed by atoms with Crippen LogP contribution in [0.5, 0.6) is 0 Å². The quantitative estimate of drug-likeness (QED) is 0.602. The minimum absolute atomic E-state index is 0.212. The monoisotopic (exact) mass is 340 g/mol. The van der Waals surface area contributed by atoms with Crippen molar-refractivity contribution in [1.29, 1.82) is 0 Å². The van der Waals surface area contributed by atoms with Gasteiger partial charge in [-0.25, -0.2) is 0 Å². The third kappa shape index (κ3) is 4.13. The molecule has 0 spiro atoms. The molecule has 3 N–H and O–H groups in total. The van der Waals surface area contributed by atoms with E-state index in [0.29, 0.717) is 32.6 Å². The summed E-state index contributed by atoms with van der Waals surface area (Å²) >= 11 is 0. The van der Waals surface area contributed by atoms with Gasteiger partial charge < -0.3 is 20.2 Å². The van der Waals surface area contributed by atoms with Gasteiger partial charge >= 0.3 is 0 Å². The van der Waals surface area contributed by atoms with Crippen LogP contribution >= 0.6 is 0 Å². The topological polar surface area (TPSA) is 102 Å². The van der Waals surface area contributed by atoms with Gasteiger partial charge in [0.1, 0.15) is 0 Å². The molecule has 1 atom stereocenters. The van der Waals surface area contributed by atoms with E-state index in [0.717, 1.165) is 5.56 Å². The molecule has 2 rings (SSSR count). The van der Waals surface area contributed by atoms with Crippen LogP contribution in [0.25, 0.3) is 0 Å². The minimum atomic E-state index is -1.17. The van der Waals surface area contributed by atoms with Gasteiger partial charge in [-0.2, -0.15) is 5.10 Å². The zero-order valence-electron chi connectivity index (χ0n) is 14.4. The lowest BCUT2D eigenvalue weighted by atomic mass is 9.85. The van der Waals surface area contributed by atoms with Gasteiger partial charge in [-0.05, 0) is 6.42 Å². The number of β-amino-alcohol motifs (C(OH)–C–C–N with tert-alkyl or cyclic N) is 1. The summed E-state index contributed by atoms with van der Waals surface area (Å²) in [6.07, 6.45) is 3.41. The van der Waals surface area contributed by atoms with E-state index in [1.54, 1.807) is 22.7 Å². The maximum atomic E-state index is 12.7.